The summed E-state index contributed by atoms with van der Waals surface area (Å²) in [6.45, 7) is 2.00. The molecule has 0 spiro atoms. The molecule has 0 fully saturated rings. The average Bonchev–Trinajstić information content (AvgIpc) is 2.74. The molecule has 0 aliphatic carbocycles. The number of hydrogen-bond acceptors (Lipinski definition) is 3. The SMILES string of the molecule is COc1cccc(Cl)c1C(O)c1csc(C)c1. The van der Waals surface area contributed by atoms with E-state index >= 15 is 0 Å². The van der Waals surface area contributed by atoms with Crippen LogP contribution in [-0.4, -0.2) is 12.2 Å². The molecule has 1 aromatic heterocycles. The molecule has 2 aromatic rings. The molecule has 0 saturated carbocycles. The number of aryl methyl sites for hydroxylation is 1. The van der Waals surface area contributed by atoms with Crippen molar-refractivity contribution in [1.29, 1.82) is 0 Å². The molecule has 0 aliphatic heterocycles. The summed E-state index contributed by atoms with van der Waals surface area (Å²) in [5.41, 5.74) is 1.47. The highest BCUT2D eigenvalue weighted by Gasteiger charge is 2.19. The summed E-state index contributed by atoms with van der Waals surface area (Å²) in [6, 6.07) is 7.31. The first-order chi connectivity index (χ1) is 8.13. The zero-order valence-corrected chi connectivity index (χ0v) is 11.2. The molecule has 1 N–H and O–H groups in total. The lowest BCUT2D eigenvalue weighted by molar-refractivity contribution is 0.215. The van der Waals surface area contributed by atoms with E-state index in [0.717, 1.165) is 10.4 Å². The number of ether oxygens (including phenoxy) is 1. The van der Waals surface area contributed by atoms with Crippen LogP contribution in [0.3, 0.4) is 0 Å². The van der Waals surface area contributed by atoms with Gasteiger partial charge in [-0.1, -0.05) is 17.7 Å². The van der Waals surface area contributed by atoms with Crippen molar-refractivity contribution in [2.45, 2.75) is 13.0 Å². The number of rotatable bonds is 3. The van der Waals surface area contributed by atoms with Gasteiger partial charge in [-0.15, -0.1) is 11.3 Å². The van der Waals surface area contributed by atoms with Crippen LogP contribution in [0.15, 0.2) is 29.6 Å². The van der Waals surface area contributed by atoms with Crippen LogP contribution in [0, 0.1) is 6.92 Å². The van der Waals surface area contributed by atoms with Crippen LogP contribution in [0.5, 0.6) is 5.75 Å². The Bertz CT molecular complexity index is 522. The third kappa shape index (κ3) is 2.46. The zero-order valence-electron chi connectivity index (χ0n) is 9.61. The molecule has 1 aromatic carbocycles. The largest absolute Gasteiger partial charge is 0.496 e. The van der Waals surface area contributed by atoms with Crippen LogP contribution >= 0.6 is 22.9 Å². The quantitative estimate of drug-likeness (QED) is 0.917. The van der Waals surface area contributed by atoms with Gasteiger partial charge in [-0.2, -0.15) is 0 Å². The van der Waals surface area contributed by atoms with E-state index in [0.29, 0.717) is 16.3 Å². The van der Waals surface area contributed by atoms with Crippen LogP contribution in [0.4, 0.5) is 0 Å². The molecule has 2 rings (SSSR count). The van der Waals surface area contributed by atoms with Gasteiger partial charge in [-0.3, -0.25) is 0 Å². The van der Waals surface area contributed by atoms with E-state index in [4.69, 9.17) is 16.3 Å². The van der Waals surface area contributed by atoms with E-state index < -0.39 is 6.10 Å². The Morgan fingerprint density at radius 3 is 2.76 bits per heavy atom. The number of hydrogen-bond donors (Lipinski definition) is 1. The maximum Gasteiger partial charge on any atom is 0.126 e. The van der Waals surface area contributed by atoms with Gasteiger partial charge in [0.05, 0.1) is 12.1 Å². The van der Waals surface area contributed by atoms with Gasteiger partial charge in [0.1, 0.15) is 11.9 Å². The Balaban J connectivity index is 2.46. The standard InChI is InChI=1S/C13H13ClO2S/c1-8-6-9(7-17-8)13(15)12-10(14)4-3-5-11(12)16-2/h3-7,13,15H,1-2H3. The van der Waals surface area contributed by atoms with Crippen molar-refractivity contribution in [1.82, 2.24) is 0 Å². The lowest BCUT2D eigenvalue weighted by Gasteiger charge is -2.15. The molecule has 90 valence electrons. The first-order valence-electron chi connectivity index (χ1n) is 5.19. The van der Waals surface area contributed by atoms with Crippen molar-refractivity contribution in [3.8, 4) is 5.75 Å². The number of aliphatic hydroxyl groups is 1. The average molecular weight is 269 g/mol. The van der Waals surface area contributed by atoms with Gasteiger partial charge in [-0.25, -0.2) is 0 Å². The van der Waals surface area contributed by atoms with Crippen molar-refractivity contribution in [2.24, 2.45) is 0 Å². The van der Waals surface area contributed by atoms with Crippen molar-refractivity contribution < 1.29 is 9.84 Å². The maximum absolute atomic E-state index is 10.3. The van der Waals surface area contributed by atoms with Crippen LogP contribution in [0.2, 0.25) is 5.02 Å². The van der Waals surface area contributed by atoms with Crippen LogP contribution in [0.25, 0.3) is 0 Å². The molecule has 1 heterocycles. The topological polar surface area (TPSA) is 29.5 Å². The Morgan fingerprint density at radius 1 is 1.41 bits per heavy atom. The highest BCUT2D eigenvalue weighted by Crippen LogP contribution is 2.36. The predicted octanol–water partition coefficient (Wildman–Crippen LogP) is 3.80. The number of thiophene rings is 1. The lowest BCUT2D eigenvalue weighted by atomic mass is 10.0. The van der Waals surface area contributed by atoms with E-state index in [-0.39, 0.29) is 0 Å². The molecule has 0 saturated heterocycles. The monoisotopic (exact) mass is 268 g/mol. The van der Waals surface area contributed by atoms with Gasteiger partial charge in [0.25, 0.3) is 0 Å². The zero-order chi connectivity index (χ0) is 12.4. The third-order valence-corrected chi connectivity index (χ3v) is 3.78. The third-order valence-electron chi connectivity index (χ3n) is 2.57. The van der Waals surface area contributed by atoms with E-state index in [1.165, 1.54) is 0 Å². The minimum absolute atomic E-state index is 0.515. The summed E-state index contributed by atoms with van der Waals surface area (Å²) >= 11 is 7.73. The van der Waals surface area contributed by atoms with Gasteiger partial charge in [-0.05, 0) is 36.1 Å². The molecule has 1 unspecified atom stereocenters. The first-order valence-corrected chi connectivity index (χ1v) is 6.44. The van der Waals surface area contributed by atoms with Crippen molar-refractivity contribution >= 4 is 22.9 Å². The first kappa shape index (κ1) is 12.4. The highest BCUT2D eigenvalue weighted by atomic mass is 35.5. The summed E-state index contributed by atoms with van der Waals surface area (Å²) in [6.07, 6.45) is -0.747. The van der Waals surface area contributed by atoms with Crippen LogP contribution in [0.1, 0.15) is 22.1 Å². The molecule has 1 atom stereocenters. The number of aliphatic hydroxyl groups excluding tert-OH is 1. The normalized spacial score (nSPS) is 12.5. The second-order valence-corrected chi connectivity index (χ2v) is 5.27. The second kappa shape index (κ2) is 5.08. The van der Waals surface area contributed by atoms with E-state index in [1.807, 2.05) is 18.4 Å². The summed E-state index contributed by atoms with van der Waals surface area (Å²) in [4.78, 5) is 1.16. The maximum atomic E-state index is 10.3. The molecular formula is C13H13ClO2S. The molecule has 4 heteroatoms. The van der Waals surface area contributed by atoms with Gasteiger partial charge < -0.3 is 9.84 Å². The molecule has 0 radical (unpaired) electrons. The second-order valence-electron chi connectivity index (χ2n) is 3.75. The van der Waals surface area contributed by atoms with Gasteiger partial charge in [0.15, 0.2) is 0 Å². The minimum atomic E-state index is -0.747. The Hall–Kier alpha value is -1.03. The Morgan fingerprint density at radius 2 is 2.18 bits per heavy atom. The molecular weight excluding hydrogens is 256 g/mol. The van der Waals surface area contributed by atoms with E-state index in [9.17, 15) is 5.11 Å². The van der Waals surface area contributed by atoms with Crippen LogP contribution in [-0.2, 0) is 0 Å². The number of halogens is 1. The molecule has 0 aliphatic rings. The number of benzene rings is 1. The summed E-state index contributed by atoms with van der Waals surface area (Å²) in [5.74, 6) is 0.605. The fraction of sp³-hybridized carbons (Fsp3) is 0.231. The lowest BCUT2D eigenvalue weighted by Crippen LogP contribution is -2.02. The molecule has 17 heavy (non-hydrogen) atoms. The summed E-state index contributed by atoms with van der Waals surface area (Å²) in [5, 5.41) is 12.8. The summed E-state index contributed by atoms with van der Waals surface area (Å²) in [7, 11) is 1.57. The fourth-order valence-corrected chi connectivity index (χ4v) is 2.73. The molecule has 2 nitrogen and oxygen atoms in total. The van der Waals surface area contributed by atoms with E-state index in [2.05, 4.69) is 0 Å². The minimum Gasteiger partial charge on any atom is -0.496 e. The Kier molecular flexibility index (Phi) is 3.72. The highest BCUT2D eigenvalue weighted by molar-refractivity contribution is 7.10. The van der Waals surface area contributed by atoms with Gasteiger partial charge in [0.2, 0.25) is 0 Å². The van der Waals surface area contributed by atoms with Crippen molar-refractivity contribution in [3.05, 3.63) is 50.7 Å². The van der Waals surface area contributed by atoms with Gasteiger partial charge >= 0.3 is 0 Å². The van der Waals surface area contributed by atoms with Crippen molar-refractivity contribution in [3.63, 3.8) is 0 Å². The molecule has 0 amide bonds. The Labute approximate surface area is 109 Å². The predicted molar refractivity (Wildman–Crippen MR) is 71.1 cm³/mol. The van der Waals surface area contributed by atoms with Crippen molar-refractivity contribution in [2.75, 3.05) is 7.11 Å². The smallest absolute Gasteiger partial charge is 0.126 e. The fourth-order valence-electron chi connectivity index (χ4n) is 1.73. The summed E-state index contributed by atoms with van der Waals surface area (Å²) < 4.78 is 5.23. The number of methoxy groups -OCH3 is 1. The molecule has 0 bridgehead atoms. The van der Waals surface area contributed by atoms with Crippen LogP contribution < -0.4 is 4.74 Å². The van der Waals surface area contributed by atoms with E-state index in [1.54, 1.807) is 36.6 Å². The van der Waals surface area contributed by atoms with Gasteiger partial charge in [0, 0.05) is 10.4 Å².